The summed E-state index contributed by atoms with van der Waals surface area (Å²) in [6.45, 7) is 10.2. The van der Waals surface area contributed by atoms with Crippen LogP contribution in [0.2, 0.25) is 0 Å². The maximum Gasteiger partial charge on any atom is 0.254 e. The van der Waals surface area contributed by atoms with Gasteiger partial charge in [-0.05, 0) is 55.8 Å². The van der Waals surface area contributed by atoms with Gasteiger partial charge in [0.25, 0.3) is 5.91 Å². The number of amides is 1. The summed E-state index contributed by atoms with van der Waals surface area (Å²) in [5.74, 6) is 0.984. The molecule has 4 rings (SSSR count). The van der Waals surface area contributed by atoms with Gasteiger partial charge >= 0.3 is 0 Å². The Balaban J connectivity index is 1.57. The van der Waals surface area contributed by atoms with E-state index in [1.54, 1.807) is 0 Å². The Morgan fingerprint density at radius 2 is 1.77 bits per heavy atom. The van der Waals surface area contributed by atoms with E-state index in [9.17, 15) is 4.79 Å². The van der Waals surface area contributed by atoms with Crippen LogP contribution in [-0.2, 0) is 6.54 Å². The highest BCUT2D eigenvalue weighted by Gasteiger charge is 2.36. The first kappa shape index (κ1) is 21.8. The van der Waals surface area contributed by atoms with Crippen LogP contribution in [0.5, 0.6) is 0 Å². The molecule has 0 radical (unpaired) electrons. The first-order chi connectivity index (χ1) is 15.0. The monoisotopic (exact) mass is 432 g/mol. The first-order valence-corrected chi connectivity index (χ1v) is 12.1. The van der Waals surface area contributed by atoms with Crippen molar-refractivity contribution in [3.05, 3.63) is 93.7 Å². The minimum atomic E-state index is 0.134. The average molecular weight is 433 g/mol. The summed E-state index contributed by atoms with van der Waals surface area (Å²) in [6.07, 6.45) is 0. The quantitative estimate of drug-likeness (QED) is 0.469. The van der Waals surface area contributed by atoms with Crippen LogP contribution in [0.3, 0.4) is 0 Å². The Bertz CT molecular complexity index is 966. The van der Waals surface area contributed by atoms with Gasteiger partial charge in [0.05, 0.1) is 0 Å². The van der Waals surface area contributed by atoms with Crippen molar-refractivity contribution in [1.29, 1.82) is 0 Å². The fraction of sp³-hybridized carbons (Fsp3) is 0.370. The summed E-state index contributed by atoms with van der Waals surface area (Å²) in [5, 5.41) is 2.15. The lowest BCUT2D eigenvalue weighted by molar-refractivity contribution is 0.0668. The molecule has 1 aliphatic heterocycles. The van der Waals surface area contributed by atoms with Crippen LogP contribution >= 0.6 is 11.3 Å². The van der Waals surface area contributed by atoms with Gasteiger partial charge in [0.1, 0.15) is 0 Å². The van der Waals surface area contributed by atoms with E-state index in [1.807, 2.05) is 41.7 Å². The van der Waals surface area contributed by atoms with Crippen molar-refractivity contribution in [2.75, 3.05) is 19.6 Å². The van der Waals surface area contributed by atoms with E-state index >= 15 is 0 Å². The van der Waals surface area contributed by atoms with Crippen LogP contribution in [0.25, 0.3) is 0 Å². The van der Waals surface area contributed by atoms with Gasteiger partial charge in [-0.2, -0.15) is 0 Å². The molecule has 31 heavy (non-hydrogen) atoms. The molecule has 3 aromatic rings. The maximum atomic E-state index is 13.3. The number of benzene rings is 2. The standard InChI is InChI=1S/C27H32N2OS/c1-20(2)29(27(30)23-8-5-4-6-9-23)17-24-16-28(18-25-10-7-15-31-25)19-26(24)22-13-11-21(3)12-14-22/h4-15,20,24,26H,16-19H2,1-3H3/t24-,26-/m0/s1. The molecule has 4 heteroatoms. The van der Waals surface area contributed by atoms with Crippen LogP contribution in [0.1, 0.15) is 46.1 Å². The number of aryl methyl sites for hydroxylation is 1. The minimum Gasteiger partial charge on any atom is -0.336 e. The summed E-state index contributed by atoms with van der Waals surface area (Å²) < 4.78 is 0. The van der Waals surface area contributed by atoms with Crippen LogP contribution in [0.4, 0.5) is 0 Å². The molecule has 0 saturated carbocycles. The number of thiophene rings is 1. The largest absolute Gasteiger partial charge is 0.336 e. The summed E-state index contributed by atoms with van der Waals surface area (Å²) in [4.78, 5) is 19.3. The topological polar surface area (TPSA) is 23.6 Å². The summed E-state index contributed by atoms with van der Waals surface area (Å²) in [7, 11) is 0. The van der Waals surface area contributed by atoms with E-state index in [-0.39, 0.29) is 11.9 Å². The zero-order valence-electron chi connectivity index (χ0n) is 18.7. The molecular formula is C27H32N2OS. The molecule has 0 aliphatic carbocycles. The Morgan fingerprint density at radius 3 is 2.42 bits per heavy atom. The maximum absolute atomic E-state index is 13.3. The van der Waals surface area contributed by atoms with E-state index in [0.717, 1.165) is 31.7 Å². The normalized spacial score (nSPS) is 19.1. The molecule has 1 aromatic heterocycles. The van der Waals surface area contributed by atoms with E-state index < -0.39 is 0 Å². The fourth-order valence-corrected chi connectivity index (χ4v) is 5.36. The van der Waals surface area contributed by atoms with Gasteiger partial charge in [0.15, 0.2) is 0 Å². The molecule has 2 aromatic carbocycles. The molecule has 1 saturated heterocycles. The predicted molar refractivity (Wildman–Crippen MR) is 130 cm³/mol. The lowest BCUT2D eigenvalue weighted by Crippen LogP contribution is -2.42. The van der Waals surface area contributed by atoms with Gasteiger partial charge in [0, 0.05) is 48.6 Å². The van der Waals surface area contributed by atoms with Gasteiger partial charge in [-0.1, -0.05) is 54.1 Å². The molecule has 1 aliphatic rings. The summed E-state index contributed by atoms with van der Waals surface area (Å²) >= 11 is 1.82. The van der Waals surface area contributed by atoms with E-state index in [2.05, 4.69) is 72.3 Å². The van der Waals surface area contributed by atoms with Crippen LogP contribution in [-0.4, -0.2) is 41.4 Å². The second-order valence-electron chi connectivity index (χ2n) is 8.97. The average Bonchev–Trinajstić information content (AvgIpc) is 3.43. The number of hydrogen-bond donors (Lipinski definition) is 0. The zero-order valence-corrected chi connectivity index (χ0v) is 19.5. The van der Waals surface area contributed by atoms with Gasteiger partial charge in [-0.15, -0.1) is 11.3 Å². The lowest BCUT2D eigenvalue weighted by Gasteiger charge is -2.32. The van der Waals surface area contributed by atoms with Crippen molar-refractivity contribution in [2.24, 2.45) is 5.92 Å². The van der Waals surface area contributed by atoms with E-state index in [1.165, 1.54) is 16.0 Å². The highest BCUT2D eigenvalue weighted by atomic mass is 32.1. The smallest absolute Gasteiger partial charge is 0.254 e. The summed E-state index contributed by atoms with van der Waals surface area (Å²) in [5.41, 5.74) is 3.45. The SMILES string of the molecule is Cc1ccc([C@@H]2CN(Cc3cccs3)C[C@H]2CN(C(=O)c2ccccc2)C(C)C)cc1. The molecule has 0 spiro atoms. The molecule has 0 N–H and O–H groups in total. The number of carbonyl (C=O) groups excluding carboxylic acids is 1. The molecule has 1 amide bonds. The predicted octanol–water partition coefficient (Wildman–Crippen LogP) is 5.82. The number of carbonyl (C=O) groups is 1. The Morgan fingerprint density at radius 1 is 1.03 bits per heavy atom. The number of hydrogen-bond acceptors (Lipinski definition) is 3. The fourth-order valence-electron chi connectivity index (χ4n) is 4.62. The van der Waals surface area contributed by atoms with Crippen molar-refractivity contribution >= 4 is 17.2 Å². The minimum absolute atomic E-state index is 0.134. The third-order valence-electron chi connectivity index (χ3n) is 6.32. The van der Waals surface area contributed by atoms with E-state index in [4.69, 9.17) is 0 Å². The Kier molecular flexibility index (Phi) is 6.89. The molecule has 162 valence electrons. The van der Waals surface area contributed by atoms with Gasteiger partial charge in [-0.3, -0.25) is 9.69 Å². The van der Waals surface area contributed by atoms with Crippen molar-refractivity contribution in [1.82, 2.24) is 9.80 Å². The Hall–Kier alpha value is -2.43. The van der Waals surface area contributed by atoms with Crippen molar-refractivity contribution < 1.29 is 4.79 Å². The molecule has 2 heterocycles. The van der Waals surface area contributed by atoms with Gasteiger partial charge in [-0.25, -0.2) is 0 Å². The number of likely N-dealkylation sites (tertiary alicyclic amines) is 1. The second-order valence-corrected chi connectivity index (χ2v) is 10.0. The molecule has 0 bridgehead atoms. The summed E-state index contributed by atoms with van der Waals surface area (Å²) in [6, 6.07) is 23.2. The van der Waals surface area contributed by atoms with Crippen LogP contribution in [0, 0.1) is 12.8 Å². The van der Waals surface area contributed by atoms with Crippen LogP contribution in [0.15, 0.2) is 72.1 Å². The highest BCUT2D eigenvalue weighted by Crippen LogP contribution is 2.35. The van der Waals surface area contributed by atoms with Gasteiger partial charge < -0.3 is 4.90 Å². The Labute approximate surface area is 190 Å². The number of nitrogens with zero attached hydrogens (tertiary/aromatic N) is 2. The molecular weight excluding hydrogens is 400 g/mol. The molecule has 0 unspecified atom stereocenters. The molecule has 2 atom stereocenters. The van der Waals surface area contributed by atoms with E-state index in [0.29, 0.717) is 11.8 Å². The van der Waals surface area contributed by atoms with Crippen LogP contribution < -0.4 is 0 Å². The molecule has 3 nitrogen and oxygen atoms in total. The van der Waals surface area contributed by atoms with Gasteiger partial charge in [0.2, 0.25) is 0 Å². The lowest BCUT2D eigenvalue weighted by atomic mass is 9.88. The second kappa shape index (κ2) is 9.80. The highest BCUT2D eigenvalue weighted by molar-refractivity contribution is 7.09. The zero-order chi connectivity index (χ0) is 21.8. The van der Waals surface area contributed by atoms with Crippen molar-refractivity contribution in [3.63, 3.8) is 0 Å². The molecule has 1 fully saturated rings. The number of rotatable bonds is 7. The van der Waals surface area contributed by atoms with Crippen molar-refractivity contribution in [2.45, 2.75) is 39.3 Å². The third-order valence-corrected chi connectivity index (χ3v) is 7.18. The first-order valence-electron chi connectivity index (χ1n) is 11.2. The third kappa shape index (κ3) is 5.25. The van der Waals surface area contributed by atoms with Crippen molar-refractivity contribution in [3.8, 4) is 0 Å².